The van der Waals surface area contributed by atoms with E-state index in [0.717, 1.165) is 30.6 Å². The highest BCUT2D eigenvalue weighted by molar-refractivity contribution is 7.80. The third kappa shape index (κ3) is 3.24. The summed E-state index contributed by atoms with van der Waals surface area (Å²) in [6.45, 7) is -0.334. The third-order valence-electron chi connectivity index (χ3n) is 4.12. The van der Waals surface area contributed by atoms with Crippen LogP contribution in [0.25, 0.3) is 0 Å². The highest BCUT2D eigenvalue weighted by Gasteiger charge is 2.36. The van der Waals surface area contributed by atoms with Gasteiger partial charge in [0, 0.05) is 6.04 Å². The first-order chi connectivity index (χ1) is 11.1. The van der Waals surface area contributed by atoms with Gasteiger partial charge in [-0.25, -0.2) is 0 Å². The molecule has 0 radical (unpaired) electrons. The van der Waals surface area contributed by atoms with Crippen LogP contribution in [0.1, 0.15) is 46.4 Å². The van der Waals surface area contributed by atoms with Crippen LogP contribution in [0.2, 0.25) is 0 Å². The number of thiocarbonyl (C=S) groups is 1. The van der Waals surface area contributed by atoms with Gasteiger partial charge in [-0.05, 0) is 37.2 Å². The van der Waals surface area contributed by atoms with E-state index in [2.05, 4.69) is 10.6 Å². The van der Waals surface area contributed by atoms with Gasteiger partial charge in [0.05, 0.1) is 11.1 Å². The van der Waals surface area contributed by atoms with Crippen molar-refractivity contribution in [2.75, 3.05) is 6.54 Å². The monoisotopic (exact) mass is 331 g/mol. The lowest BCUT2D eigenvalue weighted by molar-refractivity contribution is -0.120. The highest BCUT2D eigenvalue weighted by Crippen LogP contribution is 2.22. The Hall–Kier alpha value is -2.28. The fourth-order valence-electron chi connectivity index (χ4n) is 2.98. The summed E-state index contributed by atoms with van der Waals surface area (Å²) in [7, 11) is 0. The van der Waals surface area contributed by atoms with Gasteiger partial charge in [-0.15, -0.1) is 0 Å². The molecule has 7 heteroatoms. The average Bonchev–Trinajstić information content (AvgIpc) is 3.11. The Balaban J connectivity index is 1.57. The largest absolute Gasteiger partial charge is 0.360 e. The van der Waals surface area contributed by atoms with Crippen LogP contribution < -0.4 is 10.6 Å². The molecule has 3 amide bonds. The molecule has 1 fully saturated rings. The SMILES string of the molecule is O=C(CN1C(=O)c2ccccc2C1=O)NC(=S)NC1CCCC1. The Morgan fingerprint density at radius 2 is 1.70 bits per heavy atom. The lowest BCUT2D eigenvalue weighted by atomic mass is 10.1. The van der Waals surface area contributed by atoms with Crippen LogP contribution >= 0.6 is 12.2 Å². The number of imide groups is 1. The molecule has 3 rings (SSSR count). The van der Waals surface area contributed by atoms with Gasteiger partial charge in [0.1, 0.15) is 6.54 Å². The van der Waals surface area contributed by atoms with Crippen LogP contribution in [0, 0.1) is 0 Å². The minimum absolute atomic E-state index is 0.249. The van der Waals surface area contributed by atoms with Crippen molar-refractivity contribution in [1.29, 1.82) is 0 Å². The van der Waals surface area contributed by atoms with Crippen molar-refractivity contribution < 1.29 is 14.4 Å². The standard InChI is InChI=1S/C16H17N3O3S/c20-13(18-16(23)17-10-5-1-2-6-10)9-19-14(21)11-7-3-4-8-12(11)15(19)22/h3-4,7-8,10H,1-2,5-6,9H2,(H2,17,18,20,23). The van der Waals surface area contributed by atoms with Crippen LogP contribution in [0.3, 0.4) is 0 Å². The maximum atomic E-state index is 12.2. The van der Waals surface area contributed by atoms with Gasteiger partial charge in [0.15, 0.2) is 5.11 Å². The number of carbonyl (C=O) groups excluding carboxylic acids is 3. The van der Waals surface area contributed by atoms with Crippen molar-refractivity contribution in [2.24, 2.45) is 0 Å². The summed E-state index contributed by atoms with van der Waals surface area (Å²) in [6.07, 6.45) is 4.38. The van der Waals surface area contributed by atoms with E-state index in [1.807, 2.05) is 0 Å². The molecule has 1 heterocycles. The second-order valence-electron chi connectivity index (χ2n) is 5.75. The van der Waals surface area contributed by atoms with Gasteiger partial charge in [-0.3, -0.25) is 19.3 Å². The molecular weight excluding hydrogens is 314 g/mol. The smallest absolute Gasteiger partial charge is 0.262 e. The van der Waals surface area contributed by atoms with Crippen molar-refractivity contribution in [3.05, 3.63) is 35.4 Å². The minimum atomic E-state index is -0.477. The van der Waals surface area contributed by atoms with E-state index >= 15 is 0 Å². The second-order valence-corrected chi connectivity index (χ2v) is 6.15. The van der Waals surface area contributed by atoms with E-state index in [9.17, 15) is 14.4 Å². The van der Waals surface area contributed by atoms with Gasteiger partial charge in [0.25, 0.3) is 11.8 Å². The molecule has 1 saturated carbocycles. The Morgan fingerprint density at radius 3 is 2.26 bits per heavy atom. The van der Waals surface area contributed by atoms with Crippen molar-refractivity contribution >= 4 is 35.1 Å². The first-order valence-electron chi connectivity index (χ1n) is 7.62. The topological polar surface area (TPSA) is 78.5 Å². The molecule has 1 aromatic rings. The molecule has 1 aliphatic carbocycles. The van der Waals surface area contributed by atoms with Crippen LogP contribution in [-0.4, -0.2) is 40.3 Å². The number of nitrogens with zero attached hydrogens (tertiary/aromatic N) is 1. The van der Waals surface area contributed by atoms with Gasteiger partial charge in [0.2, 0.25) is 5.91 Å². The van der Waals surface area contributed by atoms with E-state index < -0.39 is 17.7 Å². The molecule has 23 heavy (non-hydrogen) atoms. The number of carbonyl (C=O) groups is 3. The second kappa shape index (κ2) is 6.45. The molecule has 1 aromatic carbocycles. The minimum Gasteiger partial charge on any atom is -0.360 e. The van der Waals surface area contributed by atoms with Crippen LogP contribution in [0.4, 0.5) is 0 Å². The Bertz CT molecular complexity index is 648. The van der Waals surface area contributed by atoms with Crippen molar-refractivity contribution in [3.8, 4) is 0 Å². The number of hydrogen-bond acceptors (Lipinski definition) is 4. The molecule has 0 atom stereocenters. The Kier molecular flexibility index (Phi) is 4.38. The van der Waals surface area contributed by atoms with Gasteiger partial charge in [-0.2, -0.15) is 0 Å². The molecule has 0 bridgehead atoms. The van der Waals surface area contributed by atoms with E-state index in [4.69, 9.17) is 12.2 Å². The van der Waals surface area contributed by atoms with Crippen molar-refractivity contribution in [2.45, 2.75) is 31.7 Å². The average molecular weight is 331 g/mol. The number of amides is 3. The molecule has 2 aliphatic rings. The molecule has 120 valence electrons. The molecule has 0 saturated heterocycles. The summed E-state index contributed by atoms with van der Waals surface area (Å²) in [5.74, 6) is -1.37. The van der Waals surface area contributed by atoms with Crippen LogP contribution in [-0.2, 0) is 4.79 Å². The van der Waals surface area contributed by atoms with E-state index in [1.54, 1.807) is 24.3 Å². The summed E-state index contributed by atoms with van der Waals surface area (Å²) in [4.78, 5) is 37.4. The summed E-state index contributed by atoms with van der Waals surface area (Å²) in [5.41, 5.74) is 0.661. The fraction of sp³-hybridized carbons (Fsp3) is 0.375. The molecule has 0 spiro atoms. The zero-order valence-corrected chi connectivity index (χ0v) is 13.3. The fourth-order valence-corrected chi connectivity index (χ4v) is 3.26. The van der Waals surface area contributed by atoms with E-state index in [0.29, 0.717) is 17.2 Å². The number of hydrogen-bond donors (Lipinski definition) is 2. The van der Waals surface area contributed by atoms with E-state index in [-0.39, 0.29) is 11.7 Å². The Morgan fingerprint density at radius 1 is 1.13 bits per heavy atom. The predicted octanol–water partition coefficient (Wildman–Crippen LogP) is 1.22. The van der Waals surface area contributed by atoms with E-state index in [1.165, 1.54) is 0 Å². The molecule has 2 N–H and O–H groups in total. The van der Waals surface area contributed by atoms with Crippen LogP contribution in [0.15, 0.2) is 24.3 Å². The number of benzene rings is 1. The lowest BCUT2D eigenvalue weighted by Gasteiger charge is -2.17. The number of nitrogens with one attached hydrogen (secondary N) is 2. The summed E-state index contributed by atoms with van der Waals surface area (Å²) < 4.78 is 0. The van der Waals surface area contributed by atoms with Crippen LogP contribution in [0.5, 0.6) is 0 Å². The third-order valence-corrected chi connectivity index (χ3v) is 4.34. The lowest BCUT2D eigenvalue weighted by Crippen LogP contribution is -2.47. The highest BCUT2D eigenvalue weighted by atomic mass is 32.1. The normalized spacial score (nSPS) is 17.3. The predicted molar refractivity (Wildman–Crippen MR) is 87.9 cm³/mol. The zero-order chi connectivity index (χ0) is 16.4. The van der Waals surface area contributed by atoms with Gasteiger partial charge >= 0.3 is 0 Å². The maximum absolute atomic E-state index is 12.2. The molecule has 0 aromatic heterocycles. The molecular formula is C16H17N3O3S. The van der Waals surface area contributed by atoms with Gasteiger partial charge in [-0.1, -0.05) is 25.0 Å². The first-order valence-corrected chi connectivity index (χ1v) is 8.02. The maximum Gasteiger partial charge on any atom is 0.262 e. The number of rotatable bonds is 3. The summed E-state index contributed by atoms with van der Waals surface area (Å²) >= 11 is 5.10. The zero-order valence-electron chi connectivity index (χ0n) is 12.5. The summed E-state index contributed by atoms with van der Waals surface area (Å²) in [5, 5.41) is 5.87. The van der Waals surface area contributed by atoms with Gasteiger partial charge < -0.3 is 10.6 Å². The van der Waals surface area contributed by atoms with Crippen molar-refractivity contribution in [1.82, 2.24) is 15.5 Å². The summed E-state index contributed by atoms with van der Waals surface area (Å²) in [6, 6.07) is 6.84. The first kappa shape index (κ1) is 15.6. The molecule has 0 unspecified atom stereocenters. The quantitative estimate of drug-likeness (QED) is 0.643. The molecule has 1 aliphatic heterocycles. The van der Waals surface area contributed by atoms with Crippen molar-refractivity contribution in [3.63, 3.8) is 0 Å². The molecule has 6 nitrogen and oxygen atoms in total. The Labute approximate surface area is 139 Å². The number of fused-ring (bicyclic) bond motifs is 1.